The minimum atomic E-state index is 0. The van der Waals surface area contributed by atoms with Crippen LogP contribution in [0.25, 0.3) is 5.65 Å². The number of nitrogens with one attached hydrogen (secondary N) is 2. The van der Waals surface area contributed by atoms with Gasteiger partial charge in [0.25, 0.3) is 0 Å². The van der Waals surface area contributed by atoms with Crippen molar-refractivity contribution in [1.29, 1.82) is 0 Å². The molecule has 2 N–H and O–H groups in total. The topological polar surface area (TPSA) is 66.6 Å². The van der Waals surface area contributed by atoms with Crippen molar-refractivity contribution >= 4 is 35.6 Å². The number of nitrogens with zero attached hydrogens (tertiary/aromatic N) is 4. The molecule has 0 aliphatic heterocycles. The summed E-state index contributed by atoms with van der Waals surface area (Å²) in [5, 5.41) is 15.3. The van der Waals surface area contributed by atoms with Gasteiger partial charge in [0.2, 0.25) is 0 Å². The fourth-order valence-corrected chi connectivity index (χ4v) is 3.63. The van der Waals surface area contributed by atoms with E-state index in [9.17, 15) is 0 Å². The molecule has 1 aliphatic rings. The molecule has 3 rings (SSSR count). The lowest BCUT2D eigenvalue weighted by molar-refractivity contribution is 0.481. The number of halogens is 1. The Morgan fingerprint density at radius 2 is 1.92 bits per heavy atom. The average Bonchev–Trinajstić information content (AvgIpc) is 3.30. The molecule has 2 aromatic heterocycles. The first-order chi connectivity index (χ1) is 12.4. The molecule has 0 spiro atoms. The molecule has 0 radical (unpaired) electrons. The Morgan fingerprint density at radius 1 is 1.15 bits per heavy atom. The van der Waals surface area contributed by atoms with E-state index < -0.39 is 0 Å². The van der Waals surface area contributed by atoms with Crippen molar-refractivity contribution in [3.05, 3.63) is 30.2 Å². The molecule has 1 fully saturated rings. The van der Waals surface area contributed by atoms with E-state index in [2.05, 4.69) is 30.2 Å². The van der Waals surface area contributed by atoms with E-state index in [1.807, 2.05) is 31.4 Å². The van der Waals surface area contributed by atoms with Gasteiger partial charge in [-0.2, -0.15) is 0 Å². The zero-order chi connectivity index (χ0) is 17.3. The lowest BCUT2D eigenvalue weighted by Crippen LogP contribution is -2.38. The van der Waals surface area contributed by atoms with Crippen LogP contribution in [0.2, 0.25) is 0 Å². The molecule has 2 aromatic rings. The summed E-state index contributed by atoms with van der Waals surface area (Å²) in [6, 6.07) is 5.97. The van der Waals surface area contributed by atoms with Gasteiger partial charge in [-0.3, -0.25) is 9.39 Å². The van der Waals surface area contributed by atoms with E-state index in [4.69, 9.17) is 0 Å². The number of hydrogen-bond donors (Lipinski definition) is 2. The quantitative estimate of drug-likeness (QED) is 0.269. The monoisotopic (exact) mass is 470 g/mol. The van der Waals surface area contributed by atoms with E-state index in [0.717, 1.165) is 49.3 Å². The van der Waals surface area contributed by atoms with Gasteiger partial charge in [-0.1, -0.05) is 31.7 Å². The van der Waals surface area contributed by atoms with E-state index >= 15 is 0 Å². The maximum Gasteiger partial charge on any atom is 0.190 e. The Kier molecular flexibility index (Phi) is 9.14. The molecule has 1 aliphatic carbocycles. The van der Waals surface area contributed by atoms with Gasteiger partial charge in [-0.05, 0) is 37.3 Å². The van der Waals surface area contributed by atoms with Crippen molar-refractivity contribution in [3.8, 4) is 0 Å². The summed E-state index contributed by atoms with van der Waals surface area (Å²) in [6.07, 6.45) is 12.2. The van der Waals surface area contributed by atoms with Crippen LogP contribution in [0.1, 0.15) is 50.8 Å². The Balaban J connectivity index is 0.00000243. The molecule has 1 saturated carbocycles. The van der Waals surface area contributed by atoms with Crippen LogP contribution in [0.3, 0.4) is 0 Å². The highest BCUT2D eigenvalue weighted by molar-refractivity contribution is 14.0. The summed E-state index contributed by atoms with van der Waals surface area (Å²) in [6.45, 7) is 1.88. The van der Waals surface area contributed by atoms with Crippen molar-refractivity contribution in [2.75, 3.05) is 20.1 Å². The first kappa shape index (κ1) is 20.9. The molecule has 7 heteroatoms. The number of aromatic nitrogens is 3. The molecule has 0 bridgehead atoms. The predicted molar refractivity (Wildman–Crippen MR) is 117 cm³/mol. The maximum absolute atomic E-state index is 4.30. The van der Waals surface area contributed by atoms with Gasteiger partial charge >= 0.3 is 0 Å². The van der Waals surface area contributed by atoms with Crippen molar-refractivity contribution in [3.63, 3.8) is 0 Å². The number of guanidine groups is 1. The molecule has 0 atom stereocenters. The molecule has 6 nitrogen and oxygen atoms in total. The van der Waals surface area contributed by atoms with E-state index in [1.165, 1.54) is 38.5 Å². The number of aliphatic imine (C=N–C) groups is 1. The van der Waals surface area contributed by atoms with Crippen LogP contribution in [0, 0.1) is 5.92 Å². The summed E-state index contributed by atoms with van der Waals surface area (Å²) in [4.78, 5) is 4.30. The standard InChI is InChI=1S/C19H30N6.HI/c1-20-19(21-13-6-10-16-8-2-3-9-16)22-14-7-12-18-24-23-17-11-4-5-15-25(17)18;/h4-5,11,15-16H,2-3,6-10,12-14H2,1H3,(H2,20,21,22);1H. The number of rotatable bonds is 8. The van der Waals surface area contributed by atoms with Crippen molar-refractivity contribution < 1.29 is 0 Å². The molecule has 26 heavy (non-hydrogen) atoms. The van der Waals surface area contributed by atoms with E-state index in [1.54, 1.807) is 0 Å². The smallest absolute Gasteiger partial charge is 0.190 e. The van der Waals surface area contributed by atoms with Crippen LogP contribution in [0.15, 0.2) is 29.4 Å². The summed E-state index contributed by atoms with van der Waals surface area (Å²) in [5.74, 6) is 2.88. The van der Waals surface area contributed by atoms with Gasteiger partial charge in [-0.25, -0.2) is 0 Å². The van der Waals surface area contributed by atoms with Crippen LogP contribution in [-0.4, -0.2) is 40.7 Å². The van der Waals surface area contributed by atoms with Crippen LogP contribution in [-0.2, 0) is 6.42 Å². The second kappa shape index (κ2) is 11.4. The number of fused-ring (bicyclic) bond motifs is 1. The molecule has 2 heterocycles. The molecule has 0 saturated heterocycles. The fourth-order valence-electron chi connectivity index (χ4n) is 3.63. The summed E-state index contributed by atoms with van der Waals surface area (Å²) >= 11 is 0. The Labute approximate surface area is 173 Å². The summed E-state index contributed by atoms with van der Waals surface area (Å²) < 4.78 is 2.05. The normalized spacial score (nSPS) is 15.2. The second-order valence-corrected chi connectivity index (χ2v) is 6.87. The number of hydrogen-bond acceptors (Lipinski definition) is 3. The first-order valence-electron chi connectivity index (χ1n) is 9.60. The third-order valence-electron chi connectivity index (χ3n) is 5.03. The molecule has 144 valence electrons. The average molecular weight is 470 g/mol. The zero-order valence-electron chi connectivity index (χ0n) is 15.7. The van der Waals surface area contributed by atoms with Crippen molar-refractivity contribution in [2.24, 2.45) is 10.9 Å². The van der Waals surface area contributed by atoms with Crippen LogP contribution < -0.4 is 10.6 Å². The highest BCUT2D eigenvalue weighted by Gasteiger charge is 2.14. The Bertz CT molecular complexity index is 677. The third-order valence-corrected chi connectivity index (χ3v) is 5.03. The predicted octanol–water partition coefficient (Wildman–Crippen LogP) is 3.42. The van der Waals surface area contributed by atoms with Crippen LogP contribution in [0.5, 0.6) is 0 Å². The largest absolute Gasteiger partial charge is 0.356 e. The molecular weight excluding hydrogens is 439 g/mol. The molecule has 0 unspecified atom stereocenters. The summed E-state index contributed by atoms with van der Waals surface area (Å²) in [5.41, 5.74) is 0.908. The third kappa shape index (κ3) is 6.10. The van der Waals surface area contributed by atoms with E-state index in [0.29, 0.717) is 0 Å². The van der Waals surface area contributed by atoms with Crippen molar-refractivity contribution in [1.82, 2.24) is 25.2 Å². The van der Waals surface area contributed by atoms with Crippen LogP contribution in [0.4, 0.5) is 0 Å². The number of aryl methyl sites for hydroxylation is 1. The highest BCUT2D eigenvalue weighted by Crippen LogP contribution is 2.28. The lowest BCUT2D eigenvalue weighted by Gasteiger charge is -2.13. The maximum atomic E-state index is 4.30. The zero-order valence-corrected chi connectivity index (χ0v) is 18.0. The fraction of sp³-hybridized carbons (Fsp3) is 0.632. The van der Waals surface area contributed by atoms with Gasteiger partial charge in [0.15, 0.2) is 11.6 Å². The van der Waals surface area contributed by atoms with Crippen molar-refractivity contribution in [2.45, 2.75) is 51.4 Å². The van der Waals surface area contributed by atoms with E-state index in [-0.39, 0.29) is 24.0 Å². The highest BCUT2D eigenvalue weighted by atomic mass is 127. The molecular formula is C19H31IN6. The van der Waals surface area contributed by atoms with Gasteiger partial charge < -0.3 is 10.6 Å². The molecule has 0 aromatic carbocycles. The van der Waals surface area contributed by atoms with Gasteiger partial charge in [0.1, 0.15) is 5.82 Å². The van der Waals surface area contributed by atoms with Crippen LogP contribution >= 0.6 is 24.0 Å². The van der Waals surface area contributed by atoms with Gasteiger partial charge in [0.05, 0.1) is 0 Å². The minimum absolute atomic E-state index is 0. The molecule has 0 amide bonds. The number of pyridine rings is 1. The Hall–Kier alpha value is -1.38. The lowest BCUT2D eigenvalue weighted by atomic mass is 10.0. The SMILES string of the molecule is CN=C(NCCCc1nnc2ccccn12)NCCCC1CCCC1.I. The second-order valence-electron chi connectivity index (χ2n) is 6.87. The first-order valence-corrected chi connectivity index (χ1v) is 9.60. The van der Waals surface area contributed by atoms with Gasteiger partial charge in [-0.15, -0.1) is 34.2 Å². The summed E-state index contributed by atoms with van der Waals surface area (Å²) in [7, 11) is 1.83. The minimum Gasteiger partial charge on any atom is -0.356 e. The Morgan fingerprint density at radius 3 is 2.69 bits per heavy atom. The van der Waals surface area contributed by atoms with Gasteiger partial charge in [0, 0.05) is 32.8 Å².